The zero-order chi connectivity index (χ0) is 12.3. The molecule has 0 aliphatic heterocycles. The number of carbonyl (C=O) groups is 2. The molecule has 0 fully saturated rings. The Morgan fingerprint density at radius 1 is 1.27 bits per heavy atom. The molecular weight excluding hydrogens is 250 g/mol. The summed E-state index contributed by atoms with van der Waals surface area (Å²) in [6.07, 6.45) is 0. The van der Waals surface area contributed by atoms with E-state index in [-0.39, 0.29) is 6.92 Å². The van der Waals surface area contributed by atoms with E-state index in [1.54, 1.807) is 0 Å². The Kier molecular flexibility index (Phi) is 4.39. The molecule has 15 heavy (non-hydrogen) atoms. The van der Waals surface area contributed by atoms with Crippen molar-refractivity contribution in [3.63, 3.8) is 0 Å². The highest BCUT2D eigenvalue weighted by Gasteiger charge is 2.58. The van der Waals surface area contributed by atoms with Crippen LogP contribution < -0.4 is 0 Å². The predicted molar refractivity (Wildman–Crippen MR) is 37.9 cm³/mol. The summed E-state index contributed by atoms with van der Waals surface area (Å²) in [5.74, 6) is -4.55. The summed E-state index contributed by atoms with van der Waals surface area (Å²) >= 11 is 0. The maximum absolute atomic E-state index is 13.0. The van der Waals surface area contributed by atoms with Crippen molar-refractivity contribution in [2.24, 2.45) is 0 Å². The van der Waals surface area contributed by atoms with Crippen LogP contribution >= 0.6 is 8.42 Å². The van der Waals surface area contributed by atoms with E-state index in [9.17, 15) is 31.0 Å². The molecule has 0 rings (SSSR count). The minimum absolute atomic E-state index is 0.184. The first-order valence-electron chi connectivity index (χ1n) is 3.25. The molecule has 0 N–H and O–H groups in total. The second-order valence-corrected chi connectivity index (χ2v) is 3.30. The zero-order valence-electron chi connectivity index (χ0n) is 7.18. The maximum Gasteiger partial charge on any atom is 0.761 e. The van der Waals surface area contributed by atoms with Crippen LogP contribution in [-0.2, 0) is 18.8 Å². The monoisotopic (exact) mass is 255 g/mol. The lowest BCUT2D eigenvalue weighted by molar-refractivity contribution is -0.171. The van der Waals surface area contributed by atoms with Crippen LogP contribution in [0, 0.1) is 0 Å². The van der Waals surface area contributed by atoms with E-state index >= 15 is 0 Å². The highest BCUT2D eigenvalue weighted by Crippen LogP contribution is 2.65. The van der Waals surface area contributed by atoms with E-state index in [0.717, 1.165) is 0 Å². The minimum Gasteiger partial charge on any atom is -0.431 e. The maximum atomic E-state index is 13.0. The Balaban J connectivity index is 4.59. The third-order valence-electron chi connectivity index (χ3n) is 1.14. The van der Waals surface area contributed by atoms with Crippen molar-refractivity contribution in [3.8, 4) is 0 Å². The smallest absolute Gasteiger partial charge is 0.431 e. The van der Waals surface area contributed by atoms with Crippen molar-refractivity contribution >= 4 is 20.4 Å². The second-order valence-electron chi connectivity index (χ2n) is 2.32. The standard InChI is InChI=1S/C5H5F5O4P/c1-5(7,3(11)13-2-6)4(12)14-15(8,9)10/h2H2,1H3/q+1. The van der Waals surface area contributed by atoms with Gasteiger partial charge in [-0.2, -0.15) is 0 Å². The SMILES string of the molecule is CC(F)(C(=O)OCF)C(=O)O[P+](F)(F)F. The zero-order valence-corrected chi connectivity index (χ0v) is 8.07. The van der Waals surface area contributed by atoms with E-state index in [2.05, 4.69) is 9.26 Å². The van der Waals surface area contributed by atoms with Gasteiger partial charge >= 0.3 is 26.0 Å². The van der Waals surface area contributed by atoms with Crippen LogP contribution in [-0.4, -0.2) is 24.5 Å². The second kappa shape index (κ2) is 4.69. The summed E-state index contributed by atoms with van der Waals surface area (Å²) < 4.78 is 65.2. The number of ether oxygens (including phenoxy) is 1. The number of hydrogen-bond donors (Lipinski definition) is 0. The summed E-state index contributed by atoms with van der Waals surface area (Å²) in [6.45, 7) is -1.57. The van der Waals surface area contributed by atoms with Gasteiger partial charge in [-0.15, -0.1) is 0 Å². The van der Waals surface area contributed by atoms with E-state index in [0.29, 0.717) is 0 Å². The highest BCUT2D eigenvalue weighted by molar-refractivity contribution is 7.55. The van der Waals surface area contributed by atoms with Gasteiger partial charge in [0.1, 0.15) is 0 Å². The number of hydrogen-bond acceptors (Lipinski definition) is 4. The van der Waals surface area contributed by atoms with Crippen LogP contribution in [0.4, 0.5) is 21.4 Å². The molecule has 0 heterocycles. The average molecular weight is 255 g/mol. The van der Waals surface area contributed by atoms with E-state index in [1.165, 1.54) is 0 Å². The summed E-state index contributed by atoms with van der Waals surface area (Å²) in [5, 5.41) is 0. The third-order valence-corrected chi connectivity index (χ3v) is 1.51. The molecule has 0 saturated carbocycles. The first-order chi connectivity index (χ1) is 6.61. The first kappa shape index (κ1) is 14.0. The third kappa shape index (κ3) is 4.37. The topological polar surface area (TPSA) is 52.6 Å². The van der Waals surface area contributed by atoms with Gasteiger partial charge in [-0.05, 0) is 6.92 Å². The van der Waals surface area contributed by atoms with Crippen molar-refractivity contribution < 1.29 is 40.2 Å². The summed E-state index contributed by atoms with van der Waals surface area (Å²) in [7, 11) is -6.52. The molecule has 0 saturated heterocycles. The number of esters is 1. The molecule has 10 heteroatoms. The predicted octanol–water partition coefficient (Wildman–Crippen LogP) is 2.31. The largest absolute Gasteiger partial charge is 0.761 e. The van der Waals surface area contributed by atoms with Gasteiger partial charge in [0.15, 0.2) is 0 Å². The van der Waals surface area contributed by atoms with E-state index in [4.69, 9.17) is 0 Å². The lowest BCUT2D eigenvalue weighted by Gasteiger charge is -2.12. The fourth-order valence-corrected chi connectivity index (χ4v) is 0.808. The fraction of sp³-hybridized carbons (Fsp3) is 0.600. The Bertz CT molecular complexity index is 263. The molecule has 0 bridgehead atoms. The lowest BCUT2D eigenvalue weighted by atomic mass is 10.1. The number of halogens is 5. The molecule has 0 aromatic carbocycles. The normalized spacial score (nSPS) is 15.3. The van der Waals surface area contributed by atoms with Crippen molar-refractivity contribution in [1.82, 2.24) is 0 Å². The Morgan fingerprint density at radius 3 is 2.07 bits per heavy atom. The van der Waals surface area contributed by atoms with Gasteiger partial charge in [0.25, 0.3) is 0 Å². The van der Waals surface area contributed by atoms with Crippen LogP contribution in [0.15, 0.2) is 0 Å². The van der Waals surface area contributed by atoms with Gasteiger partial charge in [-0.25, -0.2) is 22.9 Å². The molecule has 4 nitrogen and oxygen atoms in total. The van der Waals surface area contributed by atoms with Gasteiger partial charge in [0.2, 0.25) is 6.86 Å². The van der Waals surface area contributed by atoms with Crippen molar-refractivity contribution in [2.45, 2.75) is 12.6 Å². The van der Waals surface area contributed by atoms with Crippen LogP contribution in [0.1, 0.15) is 6.92 Å². The first-order valence-corrected chi connectivity index (χ1v) is 4.63. The molecule has 0 aliphatic rings. The molecule has 88 valence electrons. The van der Waals surface area contributed by atoms with Gasteiger partial charge in [-0.1, -0.05) is 0 Å². The van der Waals surface area contributed by atoms with Crippen molar-refractivity contribution in [1.29, 1.82) is 0 Å². The number of carbonyl (C=O) groups excluding carboxylic acids is 2. The fourth-order valence-electron chi connectivity index (χ4n) is 0.448. The van der Waals surface area contributed by atoms with Crippen molar-refractivity contribution in [3.05, 3.63) is 0 Å². The summed E-state index contributed by atoms with van der Waals surface area (Å²) in [4.78, 5) is 21.0. The van der Waals surface area contributed by atoms with Gasteiger partial charge in [0, 0.05) is 0 Å². The average Bonchev–Trinajstić information content (AvgIpc) is 2.01. The van der Waals surface area contributed by atoms with Crippen LogP contribution in [0.25, 0.3) is 0 Å². The summed E-state index contributed by atoms with van der Waals surface area (Å²) in [5.41, 5.74) is -3.68. The highest BCUT2D eigenvalue weighted by atomic mass is 31.3. The molecule has 1 atom stereocenters. The Morgan fingerprint density at radius 2 is 1.73 bits per heavy atom. The quantitative estimate of drug-likeness (QED) is 0.335. The molecule has 1 unspecified atom stereocenters. The molecule has 0 aliphatic carbocycles. The molecular formula is C5H5F5O4P+. The molecule has 0 aromatic heterocycles. The number of rotatable bonds is 4. The molecule has 0 spiro atoms. The van der Waals surface area contributed by atoms with Crippen LogP contribution in [0.3, 0.4) is 0 Å². The van der Waals surface area contributed by atoms with Crippen molar-refractivity contribution in [2.75, 3.05) is 6.86 Å². The van der Waals surface area contributed by atoms with Crippen LogP contribution in [0.2, 0.25) is 0 Å². The molecule has 0 radical (unpaired) electrons. The van der Waals surface area contributed by atoms with Gasteiger partial charge in [0.05, 0.1) is 12.6 Å². The summed E-state index contributed by atoms with van der Waals surface area (Å²) in [6, 6.07) is 0. The van der Waals surface area contributed by atoms with Gasteiger partial charge < -0.3 is 4.74 Å². The van der Waals surface area contributed by atoms with Gasteiger partial charge in [-0.3, -0.25) is 0 Å². The molecule has 0 amide bonds. The van der Waals surface area contributed by atoms with E-state index < -0.39 is 32.9 Å². The minimum atomic E-state index is -6.52. The van der Waals surface area contributed by atoms with E-state index in [1.807, 2.05) is 0 Å². The lowest BCUT2D eigenvalue weighted by Crippen LogP contribution is -2.41. The van der Waals surface area contributed by atoms with Crippen LogP contribution in [0.5, 0.6) is 0 Å². The Labute approximate surface area is 81.1 Å². The Hall–Kier alpha value is -0.980. The molecule has 0 aromatic rings. The number of alkyl halides is 2.